The third-order valence-electron chi connectivity index (χ3n) is 0. The van der Waals surface area contributed by atoms with E-state index in [4.69, 9.17) is 7.85 Å². The summed E-state index contributed by atoms with van der Waals surface area (Å²) in [5.74, 6) is 0. The molecule has 0 aromatic rings. The van der Waals surface area contributed by atoms with Crippen LogP contribution in [-0.4, -0.2) is 7.85 Å². The van der Waals surface area contributed by atoms with Gasteiger partial charge in [-0.15, -0.1) is 0 Å². The molecule has 0 aromatic carbocycles. The van der Waals surface area contributed by atoms with Gasteiger partial charge in [-0.25, -0.2) is 0 Å². The van der Waals surface area contributed by atoms with E-state index in [1.54, 1.807) is 0 Å². The zero-order valence-corrected chi connectivity index (χ0v) is 7.08. The fourth-order valence-electron chi connectivity index (χ4n) is 0. The molecule has 0 aliphatic rings. The fraction of sp³-hybridized carbons (Fsp3) is 1.00. The predicted molar refractivity (Wildman–Crippen MR) is 26.6 cm³/mol. The van der Waals surface area contributed by atoms with E-state index in [0.717, 1.165) is 0 Å². The third-order valence-corrected chi connectivity index (χ3v) is 0. The minimum Gasteiger partial charge on any atom is -1.00 e. The first-order valence-electron chi connectivity index (χ1n) is 1.79. The van der Waals surface area contributed by atoms with Crippen molar-refractivity contribution in [1.82, 2.24) is 0 Å². The Hall–Kier alpha value is 1.06. The molecule has 0 fully saturated rings. The second-order valence-corrected chi connectivity index (χ2v) is 2.37. The Bertz CT molecular complexity index is 27.2. The molecular weight excluding hydrogens is 81.8 g/mol. The Morgan fingerprint density at radius 2 is 1.33 bits per heavy atom. The van der Waals surface area contributed by atoms with Crippen LogP contribution >= 0.6 is 0 Å². The Morgan fingerprint density at radius 1 is 1.33 bits per heavy atom. The van der Waals surface area contributed by atoms with Gasteiger partial charge in [-0.05, 0) is 0 Å². The SMILES string of the molecule is [B]C(C)(C)C.[H-].[Na+]. The molecule has 0 rings (SSSR count). The first-order chi connectivity index (χ1) is 2.00. The molecule has 6 heavy (non-hydrogen) atoms. The van der Waals surface area contributed by atoms with Crippen molar-refractivity contribution in [3.63, 3.8) is 0 Å². The predicted octanol–water partition coefficient (Wildman–Crippen LogP) is -1.51. The van der Waals surface area contributed by atoms with Crippen LogP contribution in [0.3, 0.4) is 0 Å². The first-order valence-corrected chi connectivity index (χ1v) is 1.79. The minimum absolute atomic E-state index is 0. The molecule has 0 nitrogen and oxygen atoms in total. The standard InChI is InChI=1S/C4H9B.Na.H/c1-4(2,3)5;;/h1-3H3;;/q;+1;-1. The summed E-state index contributed by atoms with van der Waals surface area (Å²) in [6.07, 6.45) is 0. The number of hydrogen-bond acceptors (Lipinski definition) is 0. The molecule has 2 radical (unpaired) electrons. The molecule has 0 aliphatic heterocycles. The van der Waals surface area contributed by atoms with Gasteiger partial charge in [-0.3, -0.25) is 0 Å². The van der Waals surface area contributed by atoms with Crippen LogP contribution in [0, 0.1) is 0 Å². The largest absolute Gasteiger partial charge is 1.00 e. The van der Waals surface area contributed by atoms with Crippen LogP contribution in [0.2, 0.25) is 5.31 Å². The van der Waals surface area contributed by atoms with Crippen LogP contribution in [0.1, 0.15) is 22.2 Å². The van der Waals surface area contributed by atoms with Crippen molar-refractivity contribution in [3.05, 3.63) is 0 Å². The van der Waals surface area contributed by atoms with E-state index in [2.05, 4.69) is 0 Å². The van der Waals surface area contributed by atoms with Crippen LogP contribution < -0.4 is 29.6 Å². The van der Waals surface area contributed by atoms with E-state index in [1.165, 1.54) is 0 Å². The van der Waals surface area contributed by atoms with Gasteiger partial charge >= 0.3 is 29.6 Å². The van der Waals surface area contributed by atoms with E-state index in [-0.39, 0.29) is 36.3 Å². The summed E-state index contributed by atoms with van der Waals surface area (Å²) in [5, 5.41) is 0. The van der Waals surface area contributed by atoms with E-state index in [9.17, 15) is 0 Å². The average Bonchev–Trinajstić information content (AvgIpc) is 0.722. The van der Waals surface area contributed by atoms with Crippen LogP contribution in [0.15, 0.2) is 0 Å². The summed E-state index contributed by atoms with van der Waals surface area (Å²) < 4.78 is 0. The summed E-state index contributed by atoms with van der Waals surface area (Å²) in [7, 11) is 5.35. The quantitative estimate of drug-likeness (QED) is 0.318. The number of rotatable bonds is 0. The molecule has 0 saturated carbocycles. The molecule has 0 amide bonds. The van der Waals surface area contributed by atoms with Crippen molar-refractivity contribution in [3.8, 4) is 0 Å². The average molecular weight is 91.9 g/mol. The van der Waals surface area contributed by atoms with Gasteiger partial charge in [0, 0.05) is 0 Å². The van der Waals surface area contributed by atoms with Gasteiger partial charge in [-0.2, -0.15) is 0 Å². The van der Waals surface area contributed by atoms with Crippen molar-refractivity contribution in [2.24, 2.45) is 0 Å². The van der Waals surface area contributed by atoms with E-state index >= 15 is 0 Å². The van der Waals surface area contributed by atoms with Gasteiger partial charge in [0.1, 0.15) is 0 Å². The molecule has 0 spiro atoms. The van der Waals surface area contributed by atoms with Gasteiger partial charge < -0.3 is 1.43 Å². The molecule has 0 saturated heterocycles. The van der Waals surface area contributed by atoms with Crippen molar-refractivity contribution >= 4 is 7.85 Å². The smallest absolute Gasteiger partial charge is 1.00 e. The van der Waals surface area contributed by atoms with E-state index in [0.29, 0.717) is 0 Å². The summed E-state index contributed by atoms with van der Waals surface area (Å²) in [6.45, 7) is 5.90. The molecule has 0 aromatic heterocycles. The maximum Gasteiger partial charge on any atom is 1.00 e. The Kier molecular flexibility index (Phi) is 5.26. The monoisotopic (exact) mass is 92.1 g/mol. The summed E-state index contributed by atoms with van der Waals surface area (Å²) in [5.41, 5.74) is 0. The summed E-state index contributed by atoms with van der Waals surface area (Å²) >= 11 is 0. The van der Waals surface area contributed by atoms with Crippen molar-refractivity contribution < 1.29 is 31.0 Å². The summed E-state index contributed by atoms with van der Waals surface area (Å²) in [4.78, 5) is 0. The van der Waals surface area contributed by atoms with Crippen LogP contribution in [0.4, 0.5) is 0 Å². The molecule has 2 heteroatoms. The molecule has 0 N–H and O–H groups in total. The maximum atomic E-state index is 5.35. The van der Waals surface area contributed by atoms with Gasteiger partial charge in [0.15, 0.2) is 0 Å². The molecule has 0 unspecified atom stereocenters. The fourth-order valence-corrected chi connectivity index (χ4v) is 0. The van der Waals surface area contributed by atoms with E-state index < -0.39 is 0 Å². The van der Waals surface area contributed by atoms with Gasteiger partial charge in [0.25, 0.3) is 0 Å². The number of hydrogen-bond donors (Lipinski definition) is 0. The molecular formula is C4H10BNa. The van der Waals surface area contributed by atoms with Gasteiger partial charge in [-0.1, -0.05) is 26.1 Å². The van der Waals surface area contributed by atoms with Crippen LogP contribution in [0.25, 0.3) is 0 Å². The molecule has 0 atom stereocenters. The Labute approximate surface area is 64.9 Å². The Morgan fingerprint density at radius 3 is 1.33 bits per heavy atom. The zero-order chi connectivity index (χ0) is 4.50. The molecule has 0 heterocycles. The second-order valence-electron chi connectivity index (χ2n) is 2.37. The van der Waals surface area contributed by atoms with Gasteiger partial charge in [0.05, 0.1) is 7.85 Å². The zero-order valence-electron chi connectivity index (χ0n) is 6.08. The van der Waals surface area contributed by atoms with Gasteiger partial charge in [0.2, 0.25) is 0 Å². The normalized spacial score (nSPS) is 9.83. The molecule has 30 valence electrons. The Balaban J connectivity index is -0.0000000800. The van der Waals surface area contributed by atoms with Crippen molar-refractivity contribution in [2.45, 2.75) is 26.1 Å². The van der Waals surface area contributed by atoms with E-state index in [1.807, 2.05) is 20.8 Å². The molecule has 0 aliphatic carbocycles. The second kappa shape index (κ2) is 3.12. The van der Waals surface area contributed by atoms with Crippen molar-refractivity contribution in [1.29, 1.82) is 0 Å². The summed E-state index contributed by atoms with van der Waals surface area (Å²) in [6, 6.07) is 0. The third kappa shape index (κ3) is 73.8. The molecule has 0 bridgehead atoms. The maximum absolute atomic E-state index is 5.35. The van der Waals surface area contributed by atoms with Crippen molar-refractivity contribution in [2.75, 3.05) is 0 Å². The van der Waals surface area contributed by atoms with Crippen LogP contribution in [-0.2, 0) is 0 Å². The van der Waals surface area contributed by atoms with Crippen LogP contribution in [0.5, 0.6) is 0 Å². The minimum atomic E-state index is 0. The topological polar surface area (TPSA) is 0 Å². The first kappa shape index (κ1) is 10.1.